The number of pyridine rings is 1. The van der Waals surface area contributed by atoms with Gasteiger partial charge in [0.2, 0.25) is 0 Å². The topological polar surface area (TPSA) is 74.8 Å². The maximum atomic E-state index is 12.5. The number of rotatable bonds is 4. The minimum atomic E-state index is -0.251. The first kappa shape index (κ1) is 20.7. The molecule has 2 fully saturated rings. The average Bonchev–Trinajstić information content (AvgIpc) is 3.34. The summed E-state index contributed by atoms with van der Waals surface area (Å²) in [5, 5.41) is 2.98. The Kier molecular flexibility index (Phi) is 5.90. The number of carbonyl (C=O) groups is 2. The lowest BCUT2D eigenvalue weighted by molar-refractivity contribution is -0.140. The van der Waals surface area contributed by atoms with Crippen molar-refractivity contribution in [1.29, 1.82) is 0 Å². The predicted octanol–water partition coefficient (Wildman–Crippen LogP) is 3.51. The number of hydrogen-bond acceptors (Lipinski definition) is 4. The molecule has 4 heterocycles. The highest BCUT2D eigenvalue weighted by Gasteiger charge is 2.32. The number of nitrogens with one attached hydrogen (secondary N) is 1. The van der Waals surface area contributed by atoms with Gasteiger partial charge in [-0.3, -0.25) is 9.78 Å². The number of amides is 3. The molecule has 3 aliphatic rings. The largest absolute Gasteiger partial charge is 0.368 e. The number of urea groups is 1. The van der Waals surface area contributed by atoms with Crippen LogP contribution in [0.4, 0.5) is 10.5 Å². The van der Waals surface area contributed by atoms with Crippen molar-refractivity contribution in [3.8, 4) is 0 Å². The van der Waals surface area contributed by atoms with E-state index in [-0.39, 0.29) is 18.0 Å². The number of ether oxygens (including phenoxy) is 1. The molecule has 3 aliphatic heterocycles. The summed E-state index contributed by atoms with van der Waals surface area (Å²) in [6.07, 6.45) is 8.14. The Labute approximate surface area is 188 Å². The Morgan fingerprint density at radius 1 is 1.09 bits per heavy atom. The van der Waals surface area contributed by atoms with Crippen molar-refractivity contribution in [2.75, 3.05) is 38.1 Å². The van der Waals surface area contributed by atoms with Crippen molar-refractivity contribution >= 4 is 23.2 Å². The summed E-state index contributed by atoms with van der Waals surface area (Å²) in [6, 6.07) is 11.9. The lowest BCUT2D eigenvalue weighted by Crippen LogP contribution is -2.50. The van der Waals surface area contributed by atoms with Crippen molar-refractivity contribution in [2.45, 2.75) is 31.3 Å². The summed E-state index contributed by atoms with van der Waals surface area (Å²) in [5.41, 5.74) is 4.34. The molecule has 1 N–H and O–H groups in total. The van der Waals surface area contributed by atoms with Crippen LogP contribution in [0.2, 0.25) is 0 Å². The second-order valence-electron chi connectivity index (χ2n) is 8.66. The molecule has 2 aromatic rings. The number of benzene rings is 1. The number of carbonyl (C=O) groups excluding carboxylic acids is 2. The first-order valence-corrected chi connectivity index (χ1v) is 11.3. The molecular weight excluding hydrogens is 404 g/mol. The van der Waals surface area contributed by atoms with Gasteiger partial charge in [-0.15, -0.1) is 0 Å². The van der Waals surface area contributed by atoms with E-state index in [4.69, 9.17) is 4.74 Å². The van der Waals surface area contributed by atoms with Crippen molar-refractivity contribution in [2.24, 2.45) is 0 Å². The van der Waals surface area contributed by atoms with Crippen LogP contribution in [0.1, 0.15) is 36.3 Å². The summed E-state index contributed by atoms with van der Waals surface area (Å²) in [7, 11) is 0. The van der Waals surface area contributed by atoms with Gasteiger partial charge in [-0.2, -0.15) is 0 Å². The van der Waals surface area contributed by atoms with Crippen LogP contribution in [0.3, 0.4) is 0 Å². The van der Waals surface area contributed by atoms with Gasteiger partial charge in [0.25, 0.3) is 5.91 Å². The van der Waals surface area contributed by atoms with E-state index >= 15 is 0 Å². The molecule has 32 heavy (non-hydrogen) atoms. The molecule has 0 radical (unpaired) electrons. The Hall–Kier alpha value is -3.19. The number of likely N-dealkylation sites (tertiary alicyclic amines) is 1. The summed E-state index contributed by atoms with van der Waals surface area (Å²) in [4.78, 5) is 32.9. The molecule has 5 rings (SSSR count). The van der Waals surface area contributed by atoms with E-state index in [1.807, 2.05) is 46.3 Å². The molecule has 7 nitrogen and oxygen atoms in total. The normalized spacial score (nSPS) is 21.1. The molecule has 1 aromatic heterocycles. The van der Waals surface area contributed by atoms with Crippen molar-refractivity contribution < 1.29 is 14.3 Å². The molecule has 2 saturated heterocycles. The van der Waals surface area contributed by atoms with E-state index in [0.29, 0.717) is 32.2 Å². The fraction of sp³-hybridized carbons (Fsp3) is 0.400. The maximum absolute atomic E-state index is 12.5. The van der Waals surface area contributed by atoms with Gasteiger partial charge in [0, 0.05) is 56.8 Å². The van der Waals surface area contributed by atoms with Crippen LogP contribution in [0.25, 0.3) is 5.57 Å². The maximum Gasteiger partial charge on any atom is 0.321 e. The van der Waals surface area contributed by atoms with Gasteiger partial charge in [-0.25, -0.2) is 4.79 Å². The second kappa shape index (κ2) is 9.12. The molecule has 3 amide bonds. The van der Waals surface area contributed by atoms with Crippen LogP contribution in [-0.2, 0) is 9.53 Å². The number of hydrogen-bond donors (Lipinski definition) is 1. The lowest BCUT2D eigenvalue weighted by Gasteiger charge is -2.39. The van der Waals surface area contributed by atoms with Gasteiger partial charge < -0.3 is 19.9 Å². The highest BCUT2D eigenvalue weighted by atomic mass is 16.5. The quantitative estimate of drug-likeness (QED) is 0.802. The third-order valence-corrected chi connectivity index (χ3v) is 6.56. The Morgan fingerprint density at radius 3 is 2.59 bits per heavy atom. The van der Waals surface area contributed by atoms with Gasteiger partial charge in [-0.05, 0) is 54.2 Å². The zero-order valence-corrected chi connectivity index (χ0v) is 18.1. The molecule has 0 spiro atoms. The van der Waals surface area contributed by atoms with Crippen LogP contribution < -0.4 is 5.32 Å². The molecule has 0 aliphatic carbocycles. The second-order valence-corrected chi connectivity index (χ2v) is 8.66. The fourth-order valence-corrected chi connectivity index (χ4v) is 4.55. The monoisotopic (exact) mass is 432 g/mol. The van der Waals surface area contributed by atoms with Crippen LogP contribution in [-0.4, -0.2) is 65.6 Å². The standard InChI is InChI=1S/C25H28N4O3/c30-24(23-4-2-14-32-23)28-12-9-19(10-13-28)18-5-7-22(8-6-18)27-25(31)29-16-21(17-29)20-3-1-11-26-15-20/h1,3,5-9,11,15,21,23H,2,4,10,12-14,16-17H2,(H,27,31)/t23-/m1/s1. The van der Waals surface area contributed by atoms with E-state index < -0.39 is 0 Å². The summed E-state index contributed by atoms with van der Waals surface area (Å²) < 4.78 is 5.53. The minimum absolute atomic E-state index is 0.0712. The van der Waals surface area contributed by atoms with Gasteiger partial charge in [-0.1, -0.05) is 24.3 Å². The molecule has 166 valence electrons. The number of nitrogens with zero attached hydrogens (tertiary/aromatic N) is 3. The molecule has 0 bridgehead atoms. The molecule has 1 atom stereocenters. The smallest absolute Gasteiger partial charge is 0.321 e. The summed E-state index contributed by atoms with van der Waals surface area (Å²) in [6.45, 7) is 3.46. The Bertz CT molecular complexity index is 994. The first-order chi connectivity index (χ1) is 15.7. The highest BCUT2D eigenvalue weighted by Crippen LogP contribution is 2.28. The van der Waals surface area contributed by atoms with Gasteiger partial charge in [0.1, 0.15) is 6.10 Å². The molecule has 1 aromatic carbocycles. The Balaban J connectivity index is 1.12. The van der Waals surface area contributed by atoms with E-state index in [9.17, 15) is 9.59 Å². The summed E-state index contributed by atoms with van der Waals surface area (Å²) >= 11 is 0. The third-order valence-electron chi connectivity index (χ3n) is 6.56. The van der Waals surface area contributed by atoms with Crippen molar-refractivity contribution in [3.63, 3.8) is 0 Å². The summed E-state index contributed by atoms with van der Waals surface area (Å²) in [5.74, 6) is 0.481. The van der Waals surface area contributed by atoms with E-state index in [1.54, 1.807) is 6.20 Å². The van der Waals surface area contributed by atoms with E-state index in [1.165, 1.54) is 11.1 Å². The highest BCUT2D eigenvalue weighted by molar-refractivity contribution is 5.90. The Morgan fingerprint density at radius 2 is 1.94 bits per heavy atom. The average molecular weight is 433 g/mol. The zero-order valence-electron chi connectivity index (χ0n) is 18.1. The number of aromatic nitrogens is 1. The zero-order chi connectivity index (χ0) is 21.9. The minimum Gasteiger partial charge on any atom is -0.368 e. The van der Waals surface area contributed by atoms with Crippen LogP contribution >= 0.6 is 0 Å². The molecule has 0 saturated carbocycles. The fourth-order valence-electron chi connectivity index (χ4n) is 4.55. The van der Waals surface area contributed by atoms with Crippen molar-refractivity contribution in [3.05, 3.63) is 66.0 Å². The van der Waals surface area contributed by atoms with Gasteiger partial charge in [0.05, 0.1) is 0 Å². The van der Waals surface area contributed by atoms with E-state index in [2.05, 4.69) is 22.4 Å². The first-order valence-electron chi connectivity index (χ1n) is 11.3. The predicted molar refractivity (Wildman–Crippen MR) is 122 cm³/mol. The van der Waals surface area contributed by atoms with Gasteiger partial charge in [0.15, 0.2) is 0 Å². The van der Waals surface area contributed by atoms with E-state index in [0.717, 1.165) is 37.1 Å². The molecule has 0 unspecified atom stereocenters. The van der Waals surface area contributed by atoms with Gasteiger partial charge >= 0.3 is 6.03 Å². The van der Waals surface area contributed by atoms with Crippen molar-refractivity contribution in [1.82, 2.24) is 14.8 Å². The van der Waals surface area contributed by atoms with Crippen LogP contribution in [0.5, 0.6) is 0 Å². The lowest BCUT2D eigenvalue weighted by atomic mass is 9.93. The SMILES string of the molecule is O=C(Nc1ccc(C2=CCN(C(=O)[C@H]3CCCO3)CC2)cc1)N1CC(c2cccnc2)C1. The number of anilines is 1. The van der Waals surface area contributed by atoms with Crippen LogP contribution in [0, 0.1) is 0 Å². The van der Waals surface area contributed by atoms with Crippen LogP contribution in [0.15, 0.2) is 54.9 Å². The third kappa shape index (κ3) is 4.39. The molecular formula is C25H28N4O3. The molecule has 7 heteroatoms.